The molecule has 1 aliphatic rings. The molecule has 2 aromatic carbocycles. The summed E-state index contributed by atoms with van der Waals surface area (Å²) in [5, 5.41) is 0.889. The van der Waals surface area contributed by atoms with E-state index in [0.29, 0.717) is 33.6 Å². The third-order valence-corrected chi connectivity index (χ3v) is 4.39. The Kier molecular flexibility index (Phi) is 4.28. The number of hydrogen-bond donors (Lipinski definition) is 0. The third-order valence-electron chi connectivity index (χ3n) is 3.65. The van der Waals surface area contributed by atoms with Gasteiger partial charge >= 0.3 is 0 Å². The molecule has 23 heavy (non-hydrogen) atoms. The normalized spacial score (nSPS) is 16.7. The van der Waals surface area contributed by atoms with Gasteiger partial charge in [0.2, 0.25) is 0 Å². The van der Waals surface area contributed by atoms with E-state index in [9.17, 15) is 9.59 Å². The fourth-order valence-corrected chi connectivity index (χ4v) is 2.80. The van der Waals surface area contributed by atoms with Crippen LogP contribution in [0.25, 0.3) is 0 Å². The number of aldehydes is 1. The highest BCUT2D eigenvalue weighted by Gasteiger charge is 2.31. The summed E-state index contributed by atoms with van der Waals surface area (Å²) < 4.78 is 5.60. The molecule has 1 heterocycles. The van der Waals surface area contributed by atoms with E-state index in [1.54, 1.807) is 42.2 Å². The quantitative estimate of drug-likeness (QED) is 0.783. The molecule has 6 heteroatoms. The molecular weight excluding hydrogens is 337 g/mol. The number of nitrogens with zero attached hydrogens (tertiary/aromatic N) is 1. The van der Waals surface area contributed by atoms with Crippen LogP contribution in [0.1, 0.15) is 22.8 Å². The van der Waals surface area contributed by atoms with Crippen molar-refractivity contribution in [1.29, 1.82) is 0 Å². The number of fused-ring (bicyclic) bond motifs is 1. The zero-order valence-electron chi connectivity index (χ0n) is 12.3. The van der Waals surface area contributed by atoms with Crippen molar-refractivity contribution in [3.05, 3.63) is 57.6 Å². The summed E-state index contributed by atoms with van der Waals surface area (Å²) in [7, 11) is 0. The Hall–Kier alpha value is -2.04. The van der Waals surface area contributed by atoms with Crippen LogP contribution in [0.4, 0.5) is 5.69 Å². The second-order valence-corrected chi connectivity index (χ2v) is 6.09. The van der Waals surface area contributed by atoms with E-state index in [0.717, 1.165) is 11.8 Å². The smallest absolute Gasteiger partial charge is 0.268 e. The highest BCUT2D eigenvalue weighted by molar-refractivity contribution is 6.42. The minimum atomic E-state index is -0.590. The first-order valence-corrected chi connectivity index (χ1v) is 7.76. The number of ether oxygens (including phenoxy) is 1. The first-order chi connectivity index (χ1) is 11.0. The maximum atomic E-state index is 12.5. The van der Waals surface area contributed by atoms with Gasteiger partial charge in [0.05, 0.1) is 22.3 Å². The van der Waals surface area contributed by atoms with E-state index in [1.165, 1.54) is 0 Å². The molecule has 0 aromatic heterocycles. The van der Waals surface area contributed by atoms with Gasteiger partial charge in [-0.3, -0.25) is 9.59 Å². The molecule has 0 saturated carbocycles. The maximum absolute atomic E-state index is 12.5. The Labute approximate surface area is 143 Å². The molecule has 1 unspecified atom stereocenters. The second-order valence-electron chi connectivity index (χ2n) is 5.28. The topological polar surface area (TPSA) is 46.6 Å². The molecule has 0 saturated heterocycles. The summed E-state index contributed by atoms with van der Waals surface area (Å²) in [5.41, 5.74) is 1.89. The molecule has 1 aliphatic heterocycles. The summed E-state index contributed by atoms with van der Waals surface area (Å²) in [5.74, 6) is 0.398. The summed E-state index contributed by atoms with van der Waals surface area (Å²) in [6, 6.07) is 10.2. The fourth-order valence-electron chi connectivity index (χ4n) is 2.48. The lowest BCUT2D eigenvalue weighted by molar-refractivity contribution is -0.125. The third kappa shape index (κ3) is 3.05. The Morgan fingerprint density at radius 1 is 1.17 bits per heavy atom. The van der Waals surface area contributed by atoms with E-state index in [-0.39, 0.29) is 5.91 Å². The number of carbonyl (C=O) groups is 2. The van der Waals surface area contributed by atoms with Crippen LogP contribution >= 0.6 is 23.2 Å². The maximum Gasteiger partial charge on any atom is 0.268 e. The molecule has 2 aromatic rings. The number of halogens is 2. The molecule has 1 atom stereocenters. The van der Waals surface area contributed by atoms with Gasteiger partial charge in [0.15, 0.2) is 6.10 Å². The van der Waals surface area contributed by atoms with Crippen molar-refractivity contribution in [2.24, 2.45) is 0 Å². The van der Waals surface area contributed by atoms with Crippen LogP contribution in [0.15, 0.2) is 36.4 Å². The molecule has 3 rings (SSSR count). The SMILES string of the molecule is CC1Oc2ccc(C=O)cc2N(Cc2ccc(Cl)c(Cl)c2)C1=O. The van der Waals surface area contributed by atoms with Gasteiger partial charge in [-0.15, -0.1) is 0 Å². The van der Waals surface area contributed by atoms with Crippen molar-refractivity contribution in [1.82, 2.24) is 0 Å². The largest absolute Gasteiger partial charge is 0.479 e. The summed E-state index contributed by atoms with van der Waals surface area (Å²) in [4.78, 5) is 25.1. The number of carbonyl (C=O) groups excluding carboxylic acids is 2. The van der Waals surface area contributed by atoms with Crippen LogP contribution in [0.2, 0.25) is 10.0 Å². The van der Waals surface area contributed by atoms with Gasteiger partial charge in [0, 0.05) is 5.56 Å². The minimum absolute atomic E-state index is 0.174. The van der Waals surface area contributed by atoms with E-state index in [4.69, 9.17) is 27.9 Å². The minimum Gasteiger partial charge on any atom is -0.479 e. The van der Waals surface area contributed by atoms with E-state index in [1.807, 2.05) is 6.07 Å². The zero-order valence-corrected chi connectivity index (χ0v) is 13.8. The molecule has 0 aliphatic carbocycles. The number of amides is 1. The van der Waals surface area contributed by atoms with E-state index >= 15 is 0 Å². The molecule has 1 amide bonds. The predicted molar refractivity (Wildman–Crippen MR) is 89.6 cm³/mol. The molecule has 0 bridgehead atoms. The molecule has 118 valence electrons. The standard InChI is InChI=1S/C17H13Cl2NO3/c1-10-17(22)20(8-11-2-4-13(18)14(19)6-11)15-7-12(9-21)3-5-16(15)23-10/h2-7,9-10H,8H2,1H3. The molecule has 0 fully saturated rings. The Morgan fingerprint density at radius 3 is 2.65 bits per heavy atom. The Bertz CT molecular complexity index is 791. The fraction of sp³-hybridized carbons (Fsp3) is 0.176. The van der Waals surface area contributed by atoms with Crippen molar-refractivity contribution < 1.29 is 14.3 Å². The number of hydrogen-bond acceptors (Lipinski definition) is 3. The van der Waals surface area contributed by atoms with Gasteiger partial charge in [-0.25, -0.2) is 0 Å². The molecule has 0 radical (unpaired) electrons. The van der Waals surface area contributed by atoms with E-state index < -0.39 is 6.10 Å². The van der Waals surface area contributed by atoms with Crippen LogP contribution in [-0.4, -0.2) is 18.3 Å². The lowest BCUT2D eigenvalue weighted by Crippen LogP contribution is -2.44. The Morgan fingerprint density at radius 2 is 1.96 bits per heavy atom. The molecule has 0 N–H and O–H groups in total. The van der Waals surface area contributed by atoms with Crippen LogP contribution in [-0.2, 0) is 11.3 Å². The first-order valence-electron chi connectivity index (χ1n) is 7.01. The van der Waals surface area contributed by atoms with Crippen molar-refractivity contribution >= 4 is 41.1 Å². The number of benzene rings is 2. The van der Waals surface area contributed by atoms with Gasteiger partial charge in [-0.1, -0.05) is 29.3 Å². The summed E-state index contributed by atoms with van der Waals surface area (Å²) in [6.07, 6.45) is 0.146. The summed E-state index contributed by atoms with van der Waals surface area (Å²) in [6.45, 7) is 2.01. The lowest BCUT2D eigenvalue weighted by Gasteiger charge is -2.33. The van der Waals surface area contributed by atoms with E-state index in [2.05, 4.69) is 0 Å². The van der Waals surface area contributed by atoms with Crippen molar-refractivity contribution in [2.75, 3.05) is 4.90 Å². The second kappa shape index (κ2) is 6.22. The zero-order chi connectivity index (χ0) is 16.6. The number of rotatable bonds is 3. The first kappa shape index (κ1) is 15.8. The Balaban J connectivity index is 2.01. The van der Waals surface area contributed by atoms with Crippen molar-refractivity contribution in [2.45, 2.75) is 19.6 Å². The van der Waals surface area contributed by atoms with Crippen LogP contribution in [0.3, 0.4) is 0 Å². The van der Waals surface area contributed by atoms with Gasteiger partial charge in [-0.2, -0.15) is 0 Å². The van der Waals surface area contributed by atoms with Crippen LogP contribution in [0.5, 0.6) is 5.75 Å². The van der Waals surface area contributed by atoms with Crippen LogP contribution < -0.4 is 9.64 Å². The van der Waals surface area contributed by atoms with Gasteiger partial charge in [0.1, 0.15) is 12.0 Å². The summed E-state index contributed by atoms with van der Waals surface area (Å²) >= 11 is 12.0. The highest BCUT2D eigenvalue weighted by atomic mass is 35.5. The van der Waals surface area contributed by atoms with Crippen molar-refractivity contribution in [3.8, 4) is 5.75 Å². The molecule has 0 spiro atoms. The lowest BCUT2D eigenvalue weighted by atomic mass is 10.1. The van der Waals surface area contributed by atoms with Gasteiger partial charge in [0.25, 0.3) is 5.91 Å². The highest BCUT2D eigenvalue weighted by Crippen LogP contribution is 2.36. The monoisotopic (exact) mass is 349 g/mol. The molecular formula is C17H13Cl2NO3. The number of anilines is 1. The average molecular weight is 350 g/mol. The van der Waals surface area contributed by atoms with Gasteiger partial charge < -0.3 is 9.64 Å². The predicted octanol–water partition coefficient (Wildman–Crippen LogP) is 4.12. The average Bonchev–Trinajstić information content (AvgIpc) is 2.55. The van der Waals surface area contributed by atoms with Crippen molar-refractivity contribution in [3.63, 3.8) is 0 Å². The van der Waals surface area contributed by atoms with Crippen LogP contribution in [0, 0.1) is 0 Å². The van der Waals surface area contributed by atoms with Gasteiger partial charge in [-0.05, 0) is 42.8 Å². The molecule has 4 nitrogen and oxygen atoms in total.